The van der Waals surface area contributed by atoms with Crippen LogP contribution in [-0.2, 0) is 4.79 Å². The van der Waals surface area contributed by atoms with Gasteiger partial charge >= 0.3 is 0 Å². The lowest BCUT2D eigenvalue weighted by molar-refractivity contribution is -0.111. The Morgan fingerprint density at radius 3 is 2.88 bits per heavy atom. The average molecular weight is 216 g/mol. The molecule has 1 aromatic carbocycles. The van der Waals surface area contributed by atoms with Crippen molar-refractivity contribution in [3.05, 3.63) is 35.9 Å². The molecule has 0 saturated heterocycles. The third-order valence-corrected chi connectivity index (χ3v) is 1.93. The molecule has 0 heterocycles. The van der Waals surface area contributed by atoms with E-state index in [1.54, 1.807) is 31.2 Å². The van der Waals surface area contributed by atoms with E-state index in [0.717, 1.165) is 0 Å². The van der Waals surface area contributed by atoms with Gasteiger partial charge in [-0.05, 0) is 25.1 Å². The molecule has 0 aromatic heterocycles. The van der Waals surface area contributed by atoms with Gasteiger partial charge in [-0.1, -0.05) is 12.1 Å². The fourth-order valence-electron chi connectivity index (χ4n) is 1.24. The molecule has 16 heavy (non-hydrogen) atoms. The molecule has 0 unspecified atom stereocenters. The number of hydrogen-bond acceptors (Lipinski definition) is 3. The summed E-state index contributed by atoms with van der Waals surface area (Å²) in [5.74, 6) is 0.181. The number of nitrogens with zero attached hydrogens (tertiary/aromatic N) is 1. The highest BCUT2D eigenvalue weighted by atomic mass is 16.5. The molecule has 0 aliphatic heterocycles. The largest absolute Gasteiger partial charge is 0.495 e. The van der Waals surface area contributed by atoms with Crippen LogP contribution in [0.1, 0.15) is 12.5 Å². The zero-order valence-corrected chi connectivity index (χ0v) is 9.15. The van der Waals surface area contributed by atoms with Gasteiger partial charge in [-0.2, -0.15) is 5.26 Å². The van der Waals surface area contributed by atoms with Crippen molar-refractivity contribution in [1.82, 2.24) is 0 Å². The van der Waals surface area contributed by atoms with Crippen LogP contribution in [0.3, 0.4) is 0 Å². The van der Waals surface area contributed by atoms with E-state index in [1.807, 2.05) is 6.07 Å². The molecule has 0 radical (unpaired) electrons. The minimum absolute atomic E-state index is 0.288. The second-order valence-electron chi connectivity index (χ2n) is 2.98. The molecule has 0 fully saturated rings. The minimum Gasteiger partial charge on any atom is -0.495 e. The lowest BCUT2D eigenvalue weighted by atomic mass is 10.1. The van der Waals surface area contributed by atoms with E-state index < -0.39 is 0 Å². The third-order valence-electron chi connectivity index (χ3n) is 1.93. The zero-order valence-electron chi connectivity index (χ0n) is 9.15. The van der Waals surface area contributed by atoms with Gasteiger partial charge in [-0.25, -0.2) is 0 Å². The number of carbonyl (C=O) groups is 1. The average Bonchev–Trinajstić information content (AvgIpc) is 2.29. The first-order valence-electron chi connectivity index (χ1n) is 4.73. The van der Waals surface area contributed by atoms with Gasteiger partial charge in [-0.15, -0.1) is 0 Å². The van der Waals surface area contributed by atoms with Gasteiger partial charge in [0.2, 0.25) is 5.91 Å². The molecule has 1 rings (SSSR count). The Balaban J connectivity index is 3.10. The smallest absolute Gasteiger partial charge is 0.248 e. The standard InChI is InChI=1S/C12H12N2O2/c1-3-5-11(15)14-12-9(8-13)6-4-7-10(12)16-2/h3-7H,1-2H3,(H,14,15)/b5-3+. The highest BCUT2D eigenvalue weighted by Crippen LogP contribution is 2.27. The van der Waals surface area contributed by atoms with E-state index in [9.17, 15) is 4.79 Å². The van der Waals surface area contributed by atoms with Crippen LogP contribution in [0.25, 0.3) is 0 Å². The van der Waals surface area contributed by atoms with E-state index in [-0.39, 0.29) is 5.91 Å². The first kappa shape index (κ1) is 11.8. The van der Waals surface area contributed by atoms with Crippen LogP contribution >= 0.6 is 0 Å². The molecule has 4 nitrogen and oxygen atoms in total. The Labute approximate surface area is 94.1 Å². The molecule has 1 amide bonds. The van der Waals surface area contributed by atoms with Gasteiger partial charge < -0.3 is 10.1 Å². The highest BCUT2D eigenvalue weighted by Gasteiger charge is 2.10. The topological polar surface area (TPSA) is 62.1 Å². The lowest BCUT2D eigenvalue weighted by Crippen LogP contribution is -2.10. The van der Waals surface area contributed by atoms with Crippen molar-refractivity contribution in [3.63, 3.8) is 0 Å². The molecular formula is C12H12N2O2. The van der Waals surface area contributed by atoms with Crippen LogP contribution < -0.4 is 10.1 Å². The maximum absolute atomic E-state index is 11.4. The molecule has 82 valence electrons. The summed E-state index contributed by atoms with van der Waals surface area (Å²) < 4.78 is 5.08. The second kappa shape index (κ2) is 5.56. The summed E-state index contributed by atoms with van der Waals surface area (Å²) in [5.41, 5.74) is 0.771. The Morgan fingerprint density at radius 1 is 1.56 bits per heavy atom. The van der Waals surface area contributed by atoms with Crippen molar-refractivity contribution in [2.24, 2.45) is 0 Å². The summed E-state index contributed by atoms with van der Waals surface area (Å²) in [6.45, 7) is 1.74. The van der Waals surface area contributed by atoms with Crippen molar-refractivity contribution in [2.75, 3.05) is 12.4 Å². The van der Waals surface area contributed by atoms with Crippen LogP contribution in [0.15, 0.2) is 30.4 Å². The monoisotopic (exact) mass is 216 g/mol. The lowest BCUT2D eigenvalue weighted by Gasteiger charge is -2.09. The second-order valence-corrected chi connectivity index (χ2v) is 2.98. The number of allylic oxidation sites excluding steroid dienone is 1. The van der Waals surface area contributed by atoms with Gasteiger partial charge in [0.05, 0.1) is 12.7 Å². The number of para-hydroxylation sites is 1. The zero-order chi connectivity index (χ0) is 12.0. The predicted molar refractivity (Wildman–Crippen MR) is 61.2 cm³/mol. The van der Waals surface area contributed by atoms with E-state index in [4.69, 9.17) is 10.00 Å². The number of nitriles is 1. The minimum atomic E-state index is -0.288. The first-order valence-corrected chi connectivity index (χ1v) is 4.73. The summed E-state index contributed by atoms with van der Waals surface area (Å²) in [5, 5.41) is 11.5. The molecule has 0 spiro atoms. The summed E-state index contributed by atoms with van der Waals surface area (Å²) in [6.07, 6.45) is 3.00. The number of anilines is 1. The Morgan fingerprint density at radius 2 is 2.31 bits per heavy atom. The quantitative estimate of drug-likeness (QED) is 0.787. The fourth-order valence-corrected chi connectivity index (χ4v) is 1.24. The number of carbonyl (C=O) groups excluding carboxylic acids is 1. The third kappa shape index (κ3) is 2.61. The Kier molecular flexibility index (Phi) is 4.10. The van der Waals surface area contributed by atoms with Gasteiger partial charge in [-0.3, -0.25) is 4.79 Å². The number of hydrogen-bond donors (Lipinski definition) is 1. The van der Waals surface area contributed by atoms with Crippen LogP contribution in [0.5, 0.6) is 5.75 Å². The maximum atomic E-state index is 11.4. The van der Waals surface area contributed by atoms with E-state index in [1.165, 1.54) is 13.2 Å². The molecule has 0 saturated carbocycles. The molecule has 4 heteroatoms. The predicted octanol–water partition coefficient (Wildman–Crippen LogP) is 2.08. The van der Waals surface area contributed by atoms with Gasteiger partial charge in [0.25, 0.3) is 0 Å². The van der Waals surface area contributed by atoms with Crippen molar-refractivity contribution < 1.29 is 9.53 Å². The normalized spacial score (nSPS) is 9.81. The molecule has 0 bridgehead atoms. The first-order chi connectivity index (χ1) is 7.72. The Bertz CT molecular complexity index is 459. The van der Waals surface area contributed by atoms with E-state index in [0.29, 0.717) is 17.0 Å². The van der Waals surface area contributed by atoms with E-state index in [2.05, 4.69) is 5.32 Å². The van der Waals surface area contributed by atoms with Crippen LogP contribution in [0, 0.1) is 11.3 Å². The number of nitrogens with one attached hydrogen (secondary N) is 1. The number of rotatable bonds is 3. The SMILES string of the molecule is C/C=C/C(=O)Nc1c(C#N)cccc1OC. The molecule has 0 aliphatic rings. The number of amides is 1. The van der Waals surface area contributed by atoms with Crippen molar-refractivity contribution in [3.8, 4) is 11.8 Å². The van der Waals surface area contributed by atoms with Crippen molar-refractivity contribution in [2.45, 2.75) is 6.92 Å². The highest BCUT2D eigenvalue weighted by molar-refractivity contribution is 6.01. The molecule has 0 aliphatic carbocycles. The number of ether oxygens (including phenoxy) is 1. The Hall–Kier alpha value is -2.28. The summed E-state index contributed by atoms with van der Waals surface area (Å²) in [7, 11) is 1.49. The molecule has 1 N–H and O–H groups in total. The van der Waals surface area contributed by atoms with Gasteiger partial charge in [0, 0.05) is 0 Å². The summed E-state index contributed by atoms with van der Waals surface area (Å²) in [4.78, 5) is 11.4. The fraction of sp³-hybridized carbons (Fsp3) is 0.167. The van der Waals surface area contributed by atoms with Crippen LogP contribution in [0.4, 0.5) is 5.69 Å². The molecule has 1 aromatic rings. The summed E-state index contributed by atoms with van der Waals surface area (Å²) >= 11 is 0. The van der Waals surface area contributed by atoms with Gasteiger partial charge in [0.1, 0.15) is 17.5 Å². The number of benzene rings is 1. The molecule has 0 atom stereocenters. The molecular weight excluding hydrogens is 204 g/mol. The summed E-state index contributed by atoms with van der Waals surface area (Å²) in [6, 6.07) is 7.00. The van der Waals surface area contributed by atoms with E-state index >= 15 is 0 Å². The van der Waals surface area contributed by atoms with Crippen molar-refractivity contribution >= 4 is 11.6 Å². The van der Waals surface area contributed by atoms with Crippen LogP contribution in [-0.4, -0.2) is 13.0 Å². The maximum Gasteiger partial charge on any atom is 0.248 e. The van der Waals surface area contributed by atoms with Crippen molar-refractivity contribution in [1.29, 1.82) is 5.26 Å². The van der Waals surface area contributed by atoms with Gasteiger partial charge in [0.15, 0.2) is 0 Å². The van der Waals surface area contributed by atoms with Crippen LogP contribution in [0.2, 0.25) is 0 Å². The number of methoxy groups -OCH3 is 1.